The van der Waals surface area contributed by atoms with Crippen molar-refractivity contribution in [2.75, 3.05) is 14.2 Å². The average molecular weight is 532 g/mol. The van der Waals surface area contributed by atoms with Crippen molar-refractivity contribution >= 4 is 33.5 Å². The molecule has 0 amide bonds. The van der Waals surface area contributed by atoms with Crippen molar-refractivity contribution in [1.82, 2.24) is 9.55 Å². The van der Waals surface area contributed by atoms with E-state index in [4.69, 9.17) is 0 Å². The van der Waals surface area contributed by atoms with Crippen LogP contribution in [-0.2, 0) is 16.0 Å². The molecule has 198 valence electrons. The Kier molecular flexibility index (Phi) is 7.95. The number of fused-ring (bicyclic) bond motifs is 2. The zero-order valence-corrected chi connectivity index (χ0v) is 20.9. The summed E-state index contributed by atoms with van der Waals surface area (Å²) in [5.41, 5.74) is 0.565. The molecule has 5 rings (SSSR count). The Balaban J connectivity index is 0.000000202. The number of benzene rings is 3. The number of carbonyl (C=O) groups excluding carboxylic acids is 2. The zero-order valence-electron chi connectivity index (χ0n) is 20.9. The van der Waals surface area contributed by atoms with Gasteiger partial charge in [0, 0.05) is 23.2 Å². The molecule has 0 saturated carbocycles. The Morgan fingerprint density at radius 1 is 0.769 bits per heavy atom. The largest absolute Gasteiger partial charge is 0.465 e. The minimum absolute atomic E-state index is 0.0917. The quantitative estimate of drug-likeness (QED) is 0.343. The third-order valence-corrected chi connectivity index (χ3v) is 5.93. The summed E-state index contributed by atoms with van der Waals surface area (Å²) in [7, 11) is 2.57. The molecule has 0 atom stereocenters. The third kappa shape index (κ3) is 5.90. The number of ether oxygens (including phenoxy) is 2. The number of nitrogens with one attached hydrogen (secondary N) is 1. The highest BCUT2D eigenvalue weighted by atomic mass is 19.2. The van der Waals surface area contributed by atoms with Crippen LogP contribution in [0.5, 0.6) is 0 Å². The molecule has 0 bridgehead atoms. The molecular formula is C29H22F2N2O6. The number of rotatable bonds is 4. The van der Waals surface area contributed by atoms with Gasteiger partial charge >= 0.3 is 11.9 Å². The average Bonchev–Trinajstić information content (AvgIpc) is 2.96. The monoisotopic (exact) mass is 532 g/mol. The second kappa shape index (κ2) is 11.5. The summed E-state index contributed by atoms with van der Waals surface area (Å²) in [6.07, 6.45) is 3.15. The van der Waals surface area contributed by atoms with Gasteiger partial charge in [0.25, 0.3) is 11.1 Å². The lowest BCUT2D eigenvalue weighted by atomic mass is 10.1. The molecule has 5 aromatic rings. The molecule has 0 spiro atoms. The highest BCUT2D eigenvalue weighted by molar-refractivity contribution is 5.95. The van der Waals surface area contributed by atoms with E-state index < -0.39 is 23.6 Å². The van der Waals surface area contributed by atoms with Crippen molar-refractivity contribution in [2.45, 2.75) is 6.54 Å². The fourth-order valence-corrected chi connectivity index (χ4v) is 3.91. The lowest BCUT2D eigenvalue weighted by Gasteiger charge is -2.09. The molecule has 3 aromatic carbocycles. The number of esters is 2. The molecule has 0 aliphatic rings. The van der Waals surface area contributed by atoms with Crippen LogP contribution in [0.3, 0.4) is 0 Å². The van der Waals surface area contributed by atoms with Crippen LogP contribution in [0.15, 0.2) is 88.7 Å². The SMILES string of the molecule is COC(=O)c1ccc2cc[nH]c(=O)c2c1.COC(=O)c1ccc2ccn(Cc3ccc(F)c(F)c3)c(=O)c2c1. The van der Waals surface area contributed by atoms with Gasteiger partial charge in [0.05, 0.1) is 31.9 Å². The summed E-state index contributed by atoms with van der Waals surface area (Å²) in [4.78, 5) is 49.4. The fourth-order valence-electron chi connectivity index (χ4n) is 3.91. The van der Waals surface area contributed by atoms with E-state index in [0.29, 0.717) is 27.3 Å². The van der Waals surface area contributed by atoms with Gasteiger partial charge in [0.15, 0.2) is 11.6 Å². The number of H-pyrrole nitrogens is 1. The van der Waals surface area contributed by atoms with Crippen LogP contribution in [0.2, 0.25) is 0 Å². The maximum atomic E-state index is 13.3. The number of carbonyl (C=O) groups is 2. The van der Waals surface area contributed by atoms with Gasteiger partial charge in [-0.15, -0.1) is 0 Å². The Morgan fingerprint density at radius 3 is 2.00 bits per heavy atom. The molecule has 1 N–H and O–H groups in total. The first-order chi connectivity index (χ1) is 18.7. The first-order valence-electron chi connectivity index (χ1n) is 11.6. The number of aromatic amines is 1. The lowest BCUT2D eigenvalue weighted by Crippen LogP contribution is -2.20. The topological polar surface area (TPSA) is 107 Å². The van der Waals surface area contributed by atoms with Crippen LogP contribution in [-0.4, -0.2) is 35.7 Å². The number of nitrogens with zero attached hydrogens (tertiary/aromatic N) is 1. The van der Waals surface area contributed by atoms with Gasteiger partial charge in [0.2, 0.25) is 0 Å². The number of pyridine rings is 2. The molecule has 10 heteroatoms. The van der Waals surface area contributed by atoms with Gasteiger partial charge in [-0.1, -0.05) is 18.2 Å². The number of hydrogen-bond donors (Lipinski definition) is 1. The zero-order chi connectivity index (χ0) is 28.1. The van der Waals surface area contributed by atoms with Crippen LogP contribution in [0.1, 0.15) is 26.3 Å². The van der Waals surface area contributed by atoms with Gasteiger partial charge < -0.3 is 19.0 Å². The molecule has 2 aromatic heterocycles. The molecule has 0 unspecified atom stereocenters. The van der Waals surface area contributed by atoms with Gasteiger partial charge in [-0.05, 0) is 64.9 Å². The summed E-state index contributed by atoms with van der Waals surface area (Å²) < 4.78 is 36.9. The van der Waals surface area contributed by atoms with Crippen LogP contribution in [0.25, 0.3) is 21.5 Å². The summed E-state index contributed by atoms with van der Waals surface area (Å²) >= 11 is 0. The van der Waals surface area contributed by atoms with E-state index in [2.05, 4.69) is 14.5 Å². The normalized spacial score (nSPS) is 10.6. The summed E-state index contributed by atoms with van der Waals surface area (Å²) in [5, 5.41) is 2.31. The molecule has 0 aliphatic carbocycles. The summed E-state index contributed by atoms with van der Waals surface area (Å²) in [6, 6.07) is 16.6. The predicted molar refractivity (Wildman–Crippen MR) is 141 cm³/mol. The predicted octanol–water partition coefficient (Wildman–Crippen LogP) is 4.43. The highest BCUT2D eigenvalue weighted by Crippen LogP contribution is 2.15. The van der Waals surface area contributed by atoms with Gasteiger partial charge in [-0.25, -0.2) is 18.4 Å². The molecule has 8 nitrogen and oxygen atoms in total. The van der Waals surface area contributed by atoms with Crippen molar-refractivity contribution in [2.24, 2.45) is 0 Å². The van der Waals surface area contributed by atoms with Crippen LogP contribution in [0.4, 0.5) is 8.78 Å². The van der Waals surface area contributed by atoms with E-state index in [1.54, 1.807) is 48.8 Å². The summed E-state index contributed by atoms with van der Waals surface area (Å²) in [5.74, 6) is -2.88. The highest BCUT2D eigenvalue weighted by Gasteiger charge is 2.11. The second-order valence-electron chi connectivity index (χ2n) is 8.39. The van der Waals surface area contributed by atoms with E-state index in [1.807, 2.05) is 0 Å². The van der Waals surface area contributed by atoms with Gasteiger partial charge in [-0.3, -0.25) is 9.59 Å². The van der Waals surface area contributed by atoms with Crippen molar-refractivity contribution in [1.29, 1.82) is 0 Å². The summed E-state index contributed by atoms with van der Waals surface area (Å²) in [6.45, 7) is 0.0917. The second-order valence-corrected chi connectivity index (χ2v) is 8.39. The molecule has 0 saturated heterocycles. The van der Waals surface area contributed by atoms with Crippen LogP contribution < -0.4 is 11.1 Å². The maximum Gasteiger partial charge on any atom is 0.337 e. The third-order valence-electron chi connectivity index (χ3n) is 5.93. The number of hydrogen-bond acceptors (Lipinski definition) is 6. The number of methoxy groups -OCH3 is 2. The van der Waals surface area contributed by atoms with Crippen molar-refractivity contribution in [3.05, 3.63) is 128 Å². The Labute approximate surface area is 220 Å². The standard InChI is InChI=1S/C18H13F2NO3.C11H9NO3/c1-24-18(23)13-4-3-12-6-7-21(17(22)14(12)9-13)10-11-2-5-15(19)16(20)8-11;1-15-11(14)8-3-2-7-4-5-12-10(13)9(7)6-8/h2-9H,10H2,1H3;2-6H,1H3,(H,12,13). The van der Waals surface area contributed by atoms with Gasteiger partial charge in [-0.2, -0.15) is 0 Å². The first-order valence-corrected chi connectivity index (χ1v) is 11.6. The molecule has 39 heavy (non-hydrogen) atoms. The van der Waals surface area contributed by atoms with Crippen LogP contribution in [0, 0.1) is 11.6 Å². The van der Waals surface area contributed by atoms with E-state index in [-0.39, 0.29) is 23.2 Å². The minimum atomic E-state index is -0.964. The minimum Gasteiger partial charge on any atom is -0.465 e. The first kappa shape index (κ1) is 26.9. The van der Waals surface area contributed by atoms with E-state index >= 15 is 0 Å². The fraction of sp³-hybridized carbons (Fsp3) is 0.103. The Bertz CT molecular complexity index is 1830. The number of aromatic nitrogens is 2. The Hall–Kier alpha value is -5.12. The molecule has 0 aliphatic heterocycles. The lowest BCUT2D eigenvalue weighted by molar-refractivity contribution is 0.0592. The smallest absolute Gasteiger partial charge is 0.337 e. The van der Waals surface area contributed by atoms with E-state index in [9.17, 15) is 28.0 Å². The van der Waals surface area contributed by atoms with E-state index in [1.165, 1.54) is 37.0 Å². The van der Waals surface area contributed by atoms with Crippen molar-refractivity contribution in [3.8, 4) is 0 Å². The van der Waals surface area contributed by atoms with E-state index in [0.717, 1.165) is 17.5 Å². The maximum absolute atomic E-state index is 13.3. The molecule has 2 heterocycles. The van der Waals surface area contributed by atoms with Crippen molar-refractivity contribution < 1.29 is 27.8 Å². The number of halogens is 2. The Morgan fingerprint density at radius 2 is 1.38 bits per heavy atom. The van der Waals surface area contributed by atoms with Gasteiger partial charge in [0.1, 0.15) is 0 Å². The molecule has 0 radical (unpaired) electrons. The van der Waals surface area contributed by atoms with Crippen molar-refractivity contribution in [3.63, 3.8) is 0 Å². The molecule has 0 fully saturated rings. The van der Waals surface area contributed by atoms with Crippen LogP contribution >= 0.6 is 0 Å². The molecular weight excluding hydrogens is 510 g/mol.